The number of amides is 2. The average molecular weight is 359 g/mol. The third-order valence-electron chi connectivity index (χ3n) is 4.31. The molecule has 26 heavy (non-hydrogen) atoms. The zero-order valence-corrected chi connectivity index (χ0v) is 15.9. The molecule has 0 radical (unpaired) electrons. The summed E-state index contributed by atoms with van der Waals surface area (Å²) >= 11 is 0. The largest absolute Gasteiger partial charge is 0.402 e. The van der Waals surface area contributed by atoms with Crippen LogP contribution in [0.5, 0.6) is 0 Å². The van der Waals surface area contributed by atoms with Crippen LogP contribution in [0.15, 0.2) is 46.8 Å². The Bertz CT molecular complexity index is 687. The van der Waals surface area contributed by atoms with E-state index < -0.39 is 17.7 Å². The summed E-state index contributed by atoms with van der Waals surface area (Å²) in [5.41, 5.74) is 25.2. The maximum absolute atomic E-state index is 12.0. The van der Waals surface area contributed by atoms with Crippen molar-refractivity contribution in [1.29, 1.82) is 0 Å². The molecule has 142 valence electrons. The molecule has 0 saturated heterocycles. The second-order valence-electron chi connectivity index (χ2n) is 6.12. The predicted molar refractivity (Wildman–Crippen MR) is 105 cm³/mol. The number of rotatable bonds is 8. The number of benzene rings is 1. The van der Waals surface area contributed by atoms with Crippen LogP contribution < -0.4 is 27.8 Å². The molecule has 0 unspecified atom stereocenters. The third-order valence-corrected chi connectivity index (χ3v) is 4.31. The van der Waals surface area contributed by atoms with Crippen molar-refractivity contribution < 1.29 is 9.59 Å². The summed E-state index contributed by atoms with van der Waals surface area (Å²) in [7, 11) is 0. The minimum Gasteiger partial charge on any atom is -0.402 e. The van der Waals surface area contributed by atoms with E-state index in [2.05, 4.69) is 18.7 Å². The quantitative estimate of drug-likeness (QED) is 0.513. The van der Waals surface area contributed by atoms with Gasteiger partial charge in [0.15, 0.2) is 0 Å². The van der Waals surface area contributed by atoms with E-state index >= 15 is 0 Å². The number of carbonyl (C=O) groups is 2. The minimum absolute atomic E-state index is 0.110. The standard InChI is InChI=1S/C19H29N5O2/c1-5-24(6-2)14-9-7-13(8-10-14)17(15(11(3)20)18(22)25)16(12(4)21)19(23)26/h7-10,17H,5-6,20-21H2,1-4H3,(H2,22,25)(H2,23,26)/b15-11-,16-12-. The number of hydrogen-bond donors (Lipinski definition) is 4. The van der Waals surface area contributed by atoms with Crippen molar-refractivity contribution in [2.75, 3.05) is 18.0 Å². The van der Waals surface area contributed by atoms with Crippen molar-refractivity contribution in [2.45, 2.75) is 33.6 Å². The molecule has 0 aliphatic rings. The van der Waals surface area contributed by atoms with E-state index in [0.29, 0.717) is 5.56 Å². The van der Waals surface area contributed by atoms with Gasteiger partial charge in [0.05, 0.1) is 0 Å². The summed E-state index contributed by atoms with van der Waals surface area (Å²) in [6.07, 6.45) is 0. The Morgan fingerprint density at radius 1 is 0.846 bits per heavy atom. The van der Waals surface area contributed by atoms with Crippen LogP contribution in [0.2, 0.25) is 0 Å². The van der Waals surface area contributed by atoms with Crippen LogP contribution in [0, 0.1) is 0 Å². The zero-order valence-electron chi connectivity index (χ0n) is 15.9. The normalized spacial score (nSPS) is 13.1. The van der Waals surface area contributed by atoms with Crippen molar-refractivity contribution in [2.24, 2.45) is 22.9 Å². The molecule has 8 N–H and O–H groups in total. The maximum atomic E-state index is 12.0. The first kappa shape index (κ1) is 21.1. The molecule has 0 saturated carbocycles. The smallest absolute Gasteiger partial charge is 0.247 e. The van der Waals surface area contributed by atoms with E-state index in [1.54, 1.807) is 13.8 Å². The van der Waals surface area contributed by atoms with Gasteiger partial charge < -0.3 is 27.8 Å². The second kappa shape index (κ2) is 8.94. The first-order chi connectivity index (χ1) is 12.1. The Morgan fingerprint density at radius 2 is 1.23 bits per heavy atom. The van der Waals surface area contributed by atoms with E-state index in [-0.39, 0.29) is 22.5 Å². The van der Waals surface area contributed by atoms with Gasteiger partial charge in [0.1, 0.15) is 0 Å². The number of nitrogens with zero attached hydrogens (tertiary/aromatic N) is 1. The summed E-state index contributed by atoms with van der Waals surface area (Å²) < 4.78 is 0. The highest BCUT2D eigenvalue weighted by atomic mass is 16.1. The van der Waals surface area contributed by atoms with E-state index in [1.165, 1.54) is 0 Å². The number of carbonyl (C=O) groups excluding carboxylic acids is 2. The number of allylic oxidation sites excluding steroid dienone is 2. The van der Waals surface area contributed by atoms with Gasteiger partial charge in [0.2, 0.25) is 11.8 Å². The molecule has 7 nitrogen and oxygen atoms in total. The second-order valence-corrected chi connectivity index (χ2v) is 6.12. The molecule has 0 spiro atoms. The number of anilines is 1. The maximum Gasteiger partial charge on any atom is 0.247 e. The van der Waals surface area contributed by atoms with Crippen LogP contribution in [-0.2, 0) is 9.59 Å². The lowest BCUT2D eigenvalue weighted by atomic mass is 9.81. The lowest BCUT2D eigenvalue weighted by Crippen LogP contribution is -2.30. The van der Waals surface area contributed by atoms with Crippen LogP contribution in [-0.4, -0.2) is 24.9 Å². The molecule has 0 aliphatic carbocycles. The fourth-order valence-electron chi connectivity index (χ4n) is 3.07. The molecule has 1 aromatic carbocycles. The fraction of sp³-hybridized carbons (Fsp3) is 0.368. The van der Waals surface area contributed by atoms with Crippen LogP contribution in [0.4, 0.5) is 5.69 Å². The third kappa shape index (κ3) is 4.56. The van der Waals surface area contributed by atoms with Gasteiger partial charge in [0.25, 0.3) is 0 Å². The highest BCUT2D eigenvalue weighted by molar-refractivity contribution is 6.01. The molecule has 0 aromatic heterocycles. The highest BCUT2D eigenvalue weighted by Crippen LogP contribution is 2.34. The van der Waals surface area contributed by atoms with Crippen LogP contribution >= 0.6 is 0 Å². The van der Waals surface area contributed by atoms with Crippen LogP contribution in [0.1, 0.15) is 39.2 Å². The molecule has 0 heterocycles. The molecule has 0 bridgehead atoms. The van der Waals surface area contributed by atoms with Crippen molar-refractivity contribution in [3.8, 4) is 0 Å². The van der Waals surface area contributed by atoms with E-state index in [4.69, 9.17) is 22.9 Å². The zero-order chi connectivity index (χ0) is 20.0. The summed E-state index contributed by atoms with van der Waals surface area (Å²) in [5.74, 6) is -2.25. The molecule has 0 aliphatic heterocycles. The Labute approximate surface area is 154 Å². The Balaban J connectivity index is 3.62. The SMILES string of the molecule is CCN(CC)c1ccc(C(/C(C(N)=O)=C(\C)N)/C(C(N)=O)=C(\C)N)cc1. The van der Waals surface area contributed by atoms with Gasteiger partial charge in [-0.2, -0.15) is 0 Å². The van der Waals surface area contributed by atoms with Gasteiger partial charge in [-0.05, 0) is 45.4 Å². The number of primary amides is 2. The van der Waals surface area contributed by atoms with E-state index in [0.717, 1.165) is 18.8 Å². The number of hydrogen-bond acceptors (Lipinski definition) is 5. The Kier molecular flexibility index (Phi) is 7.25. The highest BCUT2D eigenvalue weighted by Gasteiger charge is 2.30. The fourth-order valence-corrected chi connectivity index (χ4v) is 3.07. The number of nitrogens with two attached hydrogens (primary N) is 4. The first-order valence-electron chi connectivity index (χ1n) is 8.52. The average Bonchev–Trinajstić information content (AvgIpc) is 2.54. The Hall–Kier alpha value is -2.96. The summed E-state index contributed by atoms with van der Waals surface area (Å²) in [6, 6.07) is 7.50. The molecule has 2 amide bonds. The molecule has 1 rings (SSSR count). The molecular weight excluding hydrogens is 330 g/mol. The molecule has 7 heteroatoms. The van der Waals surface area contributed by atoms with Gasteiger partial charge in [-0.1, -0.05) is 12.1 Å². The Morgan fingerprint density at radius 3 is 1.50 bits per heavy atom. The molecular formula is C19H29N5O2. The van der Waals surface area contributed by atoms with Crippen molar-refractivity contribution in [3.05, 3.63) is 52.4 Å². The van der Waals surface area contributed by atoms with Gasteiger partial charge in [-0.3, -0.25) is 9.59 Å². The van der Waals surface area contributed by atoms with Crippen LogP contribution in [0.3, 0.4) is 0 Å². The van der Waals surface area contributed by atoms with Gasteiger partial charge in [0, 0.05) is 47.2 Å². The lowest BCUT2D eigenvalue weighted by molar-refractivity contribution is -0.115. The van der Waals surface area contributed by atoms with Crippen molar-refractivity contribution in [3.63, 3.8) is 0 Å². The van der Waals surface area contributed by atoms with Gasteiger partial charge in [-0.15, -0.1) is 0 Å². The molecule has 1 aromatic rings. The topological polar surface area (TPSA) is 141 Å². The van der Waals surface area contributed by atoms with Gasteiger partial charge in [-0.25, -0.2) is 0 Å². The lowest BCUT2D eigenvalue weighted by Gasteiger charge is -2.25. The van der Waals surface area contributed by atoms with Crippen molar-refractivity contribution >= 4 is 17.5 Å². The molecule has 0 fully saturated rings. The molecule has 0 atom stereocenters. The summed E-state index contributed by atoms with van der Waals surface area (Å²) in [6.45, 7) is 8.98. The summed E-state index contributed by atoms with van der Waals surface area (Å²) in [4.78, 5) is 26.2. The monoisotopic (exact) mass is 359 g/mol. The minimum atomic E-state index is -0.814. The van der Waals surface area contributed by atoms with Crippen molar-refractivity contribution in [1.82, 2.24) is 0 Å². The summed E-state index contributed by atoms with van der Waals surface area (Å²) in [5, 5.41) is 0. The van der Waals surface area contributed by atoms with E-state index in [1.807, 2.05) is 24.3 Å². The predicted octanol–water partition coefficient (Wildman–Crippen LogP) is 1.05. The van der Waals surface area contributed by atoms with Gasteiger partial charge >= 0.3 is 0 Å². The first-order valence-corrected chi connectivity index (χ1v) is 8.52. The van der Waals surface area contributed by atoms with E-state index in [9.17, 15) is 9.59 Å². The van der Waals surface area contributed by atoms with Crippen LogP contribution in [0.25, 0.3) is 0 Å².